The van der Waals surface area contributed by atoms with E-state index in [0.29, 0.717) is 0 Å². The van der Waals surface area contributed by atoms with Gasteiger partial charge < -0.3 is 5.11 Å². The maximum atomic E-state index is 9.74. The van der Waals surface area contributed by atoms with Crippen LogP contribution in [0.4, 0.5) is 0 Å². The molecule has 1 N–H and O–H groups in total. The van der Waals surface area contributed by atoms with Crippen LogP contribution in [-0.2, 0) is 0 Å². The number of hydrogen-bond acceptors (Lipinski definition) is 1. The molecule has 0 heterocycles. The first-order chi connectivity index (χ1) is 6.66. The summed E-state index contributed by atoms with van der Waals surface area (Å²) in [5, 5.41) is 9.74. The molecule has 0 aliphatic heterocycles. The van der Waals surface area contributed by atoms with Gasteiger partial charge in [-0.2, -0.15) is 0 Å². The van der Waals surface area contributed by atoms with Crippen molar-refractivity contribution in [2.75, 3.05) is 0 Å². The topological polar surface area (TPSA) is 20.2 Å². The van der Waals surface area contributed by atoms with Crippen molar-refractivity contribution < 1.29 is 5.11 Å². The monoisotopic (exact) mass is 186 g/mol. The van der Waals surface area contributed by atoms with Crippen LogP contribution in [0.1, 0.15) is 31.1 Å². The molecule has 0 spiro atoms. The molecule has 1 atom stereocenters. The van der Waals surface area contributed by atoms with Crippen LogP contribution in [0, 0.1) is 11.8 Å². The summed E-state index contributed by atoms with van der Waals surface area (Å²) in [5.41, 5.74) is 2.75. The van der Waals surface area contributed by atoms with Crippen molar-refractivity contribution in [2.45, 2.75) is 20.0 Å². The number of allylic oxidation sites excluding steroid dienone is 1. The maximum absolute atomic E-state index is 9.74. The fourth-order valence-electron chi connectivity index (χ4n) is 1.34. The van der Waals surface area contributed by atoms with Gasteiger partial charge in [-0.15, -0.1) is 5.92 Å². The van der Waals surface area contributed by atoms with Crippen LogP contribution >= 0.6 is 0 Å². The highest BCUT2D eigenvalue weighted by Gasteiger charge is 2.08. The third-order valence-electron chi connectivity index (χ3n) is 2.00. The second kappa shape index (κ2) is 4.64. The lowest BCUT2D eigenvalue weighted by atomic mass is 9.98. The van der Waals surface area contributed by atoms with Gasteiger partial charge >= 0.3 is 0 Å². The van der Waals surface area contributed by atoms with Crippen molar-refractivity contribution >= 4 is 5.57 Å². The van der Waals surface area contributed by atoms with Gasteiger partial charge in [0.2, 0.25) is 0 Å². The van der Waals surface area contributed by atoms with Gasteiger partial charge in [-0.05, 0) is 19.4 Å². The van der Waals surface area contributed by atoms with Gasteiger partial charge in [-0.3, -0.25) is 0 Å². The van der Waals surface area contributed by atoms with Crippen LogP contribution in [0.5, 0.6) is 0 Å². The quantitative estimate of drug-likeness (QED) is 0.704. The van der Waals surface area contributed by atoms with E-state index in [9.17, 15) is 5.11 Å². The first-order valence-electron chi connectivity index (χ1n) is 4.52. The van der Waals surface area contributed by atoms with Gasteiger partial charge in [-0.1, -0.05) is 42.3 Å². The van der Waals surface area contributed by atoms with Crippen molar-refractivity contribution in [1.29, 1.82) is 0 Å². The average molecular weight is 186 g/mol. The van der Waals surface area contributed by atoms with Gasteiger partial charge in [0.05, 0.1) is 0 Å². The number of aliphatic hydroxyl groups is 1. The highest BCUT2D eigenvalue weighted by molar-refractivity contribution is 5.65. The fraction of sp³-hybridized carbons (Fsp3) is 0.231. The SMILES string of the molecule is C=C(C)c1ccccc1C(O)C#CC. The summed E-state index contributed by atoms with van der Waals surface area (Å²) in [4.78, 5) is 0. The minimum atomic E-state index is -0.715. The van der Waals surface area contributed by atoms with Crippen LogP contribution in [0.15, 0.2) is 30.8 Å². The fourth-order valence-corrected chi connectivity index (χ4v) is 1.34. The van der Waals surface area contributed by atoms with E-state index >= 15 is 0 Å². The Morgan fingerprint density at radius 2 is 2.07 bits per heavy atom. The summed E-state index contributed by atoms with van der Waals surface area (Å²) in [5.74, 6) is 5.42. The van der Waals surface area contributed by atoms with E-state index in [-0.39, 0.29) is 0 Å². The predicted octanol–water partition coefficient (Wildman–Crippen LogP) is 2.78. The molecule has 1 unspecified atom stereocenters. The zero-order valence-electron chi connectivity index (χ0n) is 8.54. The van der Waals surface area contributed by atoms with Crippen molar-refractivity contribution in [3.05, 3.63) is 42.0 Å². The van der Waals surface area contributed by atoms with Gasteiger partial charge in [0.1, 0.15) is 6.10 Å². The minimum absolute atomic E-state index is 0.715. The lowest BCUT2D eigenvalue weighted by molar-refractivity contribution is 0.238. The summed E-state index contributed by atoms with van der Waals surface area (Å²) < 4.78 is 0. The Morgan fingerprint density at radius 1 is 1.43 bits per heavy atom. The number of aliphatic hydroxyl groups excluding tert-OH is 1. The van der Waals surface area contributed by atoms with E-state index in [1.54, 1.807) is 6.92 Å². The molecule has 0 saturated carbocycles. The van der Waals surface area contributed by atoms with E-state index in [1.807, 2.05) is 31.2 Å². The van der Waals surface area contributed by atoms with Crippen LogP contribution in [0.25, 0.3) is 5.57 Å². The zero-order valence-corrected chi connectivity index (χ0v) is 8.54. The summed E-state index contributed by atoms with van der Waals surface area (Å²) >= 11 is 0. The molecule has 0 amide bonds. The van der Waals surface area contributed by atoms with Crippen molar-refractivity contribution in [3.8, 4) is 11.8 Å². The van der Waals surface area contributed by atoms with Crippen molar-refractivity contribution in [3.63, 3.8) is 0 Å². The summed E-state index contributed by atoms with van der Waals surface area (Å²) in [7, 11) is 0. The first-order valence-corrected chi connectivity index (χ1v) is 4.52. The van der Waals surface area contributed by atoms with E-state index in [1.165, 1.54) is 0 Å². The van der Waals surface area contributed by atoms with Crippen molar-refractivity contribution in [2.24, 2.45) is 0 Å². The summed E-state index contributed by atoms with van der Waals surface area (Å²) in [6.07, 6.45) is -0.715. The highest BCUT2D eigenvalue weighted by Crippen LogP contribution is 2.22. The molecule has 1 aromatic rings. The molecule has 0 aromatic heterocycles. The van der Waals surface area contributed by atoms with Gasteiger partial charge in [0.15, 0.2) is 0 Å². The standard InChI is InChI=1S/C13H14O/c1-4-7-13(14)12-9-6-5-8-11(12)10(2)3/h5-6,8-9,13-14H,2H2,1,3H3. The molecule has 0 fully saturated rings. The second-order valence-electron chi connectivity index (χ2n) is 3.16. The second-order valence-corrected chi connectivity index (χ2v) is 3.16. The Bertz CT molecular complexity index is 393. The largest absolute Gasteiger partial charge is 0.376 e. The molecule has 0 aliphatic rings. The van der Waals surface area contributed by atoms with Crippen LogP contribution < -0.4 is 0 Å². The molecule has 1 aromatic carbocycles. The predicted molar refractivity (Wildman–Crippen MR) is 59.6 cm³/mol. The molecular weight excluding hydrogens is 172 g/mol. The van der Waals surface area contributed by atoms with E-state index in [4.69, 9.17) is 0 Å². The lowest BCUT2D eigenvalue weighted by Gasteiger charge is -2.10. The molecule has 72 valence electrons. The Kier molecular flexibility index (Phi) is 3.50. The Hall–Kier alpha value is -1.52. The molecule has 0 saturated heterocycles. The Morgan fingerprint density at radius 3 is 2.64 bits per heavy atom. The molecule has 0 aliphatic carbocycles. The molecular formula is C13H14O. The van der Waals surface area contributed by atoms with Crippen LogP contribution in [-0.4, -0.2) is 5.11 Å². The molecule has 1 rings (SSSR count). The molecule has 0 radical (unpaired) electrons. The van der Waals surface area contributed by atoms with E-state index < -0.39 is 6.10 Å². The molecule has 1 nitrogen and oxygen atoms in total. The summed E-state index contributed by atoms with van der Waals surface area (Å²) in [6.45, 7) is 7.51. The molecule has 1 heteroatoms. The first kappa shape index (κ1) is 10.6. The maximum Gasteiger partial charge on any atom is 0.140 e. The normalized spacial score (nSPS) is 11.4. The van der Waals surface area contributed by atoms with Crippen LogP contribution in [0.2, 0.25) is 0 Å². The van der Waals surface area contributed by atoms with Gasteiger partial charge in [0, 0.05) is 5.56 Å². The van der Waals surface area contributed by atoms with E-state index in [0.717, 1.165) is 16.7 Å². The van der Waals surface area contributed by atoms with Crippen LogP contribution in [0.3, 0.4) is 0 Å². The Labute approximate surface area is 85.1 Å². The summed E-state index contributed by atoms with van der Waals surface area (Å²) in [6, 6.07) is 7.64. The smallest absolute Gasteiger partial charge is 0.140 e. The highest BCUT2D eigenvalue weighted by atomic mass is 16.3. The number of benzene rings is 1. The van der Waals surface area contributed by atoms with Crippen molar-refractivity contribution in [1.82, 2.24) is 0 Å². The van der Waals surface area contributed by atoms with E-state index in [2.05, 4.69) is 18.4 Å². The zero-order chi connectivity index (χ0) is 10.6. The molecule has 14 heavy (non-hydrogen) atoms. The molecule has 0 bridgehead atoms. The third-order valence-corrected chi connectivity index (χ3v) is 2.00. The average Bonchev–Trinajstić information content (AvgIpc) is 2.18. The number of rotatable bonds is 2. The van der Waals surface area contributed by atoms with Gasteiger partial charge in [-0.25, -0.2) is 0 Å². The Balaban J connectivity index is 3.17. The minimum Gasteiger partial charge on any atom is -0.376 e. The lowest BCUT2D eigenvalue weighted by Crippen LogP contribution is -1.98. The number of hydrogen-bond donors (Lipinski definition) is 1. The van der Waals surface area contributed by atoms with Gasteiger partial charge in [0.25, 0.3) is 0 Å². The third kappa shape index (κ3) is 2.25.